The van der Waals surface area contributed by atoms with Crippen molar-refractivity contribution in [3.05, 3.63) is 57.8 Å². The maximum Gasteiger partial charge on any atom is 0.451 e. The van der Waals surface area contributed by atoms with Crippen molar-refractivity contribution in [3.63, 3.8) is 0 Å². The fourth-order valence-corrected chi connectivity index (χ4v) is 3.67. The van der Waals surface area contributed by atoms with Gasteiger partial charge in [-0.3, -0.25) is 4.79 Å². The van der Waals surface area contributed by atoms with Crippen molar-refractivity contribution in [1.82, 2.24) is 20.3 Å². The molecule has 2 heterocycles. The number of thiazole rings is 1. The van der Waals surface area contributed by atoms with Crippen LogP contribution in [0.2, 0.25) is 4.34 Å². The summed E-state index contributed by atoms with van der Waals surface area (Å²) in [6.07, 6.45) is -3.02. The molecule has 0 saturated carbocycles. The molecular weight excluding hydrogens is 500 g/mol. The van der Waals surface area contributed by atoms with Crippen LogP contribution in [0.1, 0.15) is 48.6 Å². The molecule has 0 fully saturated rings. The molecule has 1 amide bonds. The molecule has 0 aliphatic carbocycles. The van der Waals surface area contributed by atoms with E-state index in [1.165, 1.54) is 26.1 Å². The van der Waals surface area contributed by atoms with E-state index in [0.29, 0.717) is 4.34 Å². The highest BCUT2D eigenvalue weighted by atomic mass is 35.5. The van der Waals surface area contributed by atoms with E-state index in [-0.39, 0.29) is 21.9 Å². The Morgan fingerprint density at radius 2 is 1.79 bits per heavy atom. The van der Waals surface area contributed by atoms with Crippen LogP contribution < -0.4 is 10.1 Å². The van der Waals surface area contributed by atoms with Crippen molar-refractivity contribution >= 4 is 28.8 Å². The molecule has 3 rings (SSSR count). The number of nitrogens with zero attached hydrogens (tertiary/aromatic N) is 3. The van der Waals surface area contributed by atoms with Gasteiger partial charge in [0, 0.05) is 18.0 Å². The number of carbonyl (C=O) groups excluding carboxylic acids is 1. The summed E-state index contributed by atoms with van der Waals surface area (Å²) in [5.41, 5.74) is -0.247. The Labute approximate surface area is 200 Å². The van der Waals surface area contributed by atoms with Gasteiger partial charge >= 0.3 is 6.18 Å². The van der Waals surface area contributed by atoms with Gasteiger partial charge in [-0.25, -0.2) is 19.3 Å². The van der Waals surface area contributed by atoms with E-state index < -0.39 is 47.5 Å². The van der Waals surface area contributed by atoms with Crippen molar-refractivity contribution in [1.29, 1.82) is 0 Å². The van der Waals surface area contributed by atoms with Crippen LogP contribution in [-0.2, 0) is 6.18 Å². The van der Waals surface area contributed by atoms with Crippen LogP contribution in [0.25, 0.3) is 10.6 Å². The van der Waals surface area contributed by atoms with E-state index in [0.717, 1.165) is 29.8 Å². The second-order valence-electron chi connectivity index (χ2n) is 7.40. The Kier molecular flexibility index (Phi) is 7.74. The first-order valence-corrected chi connectivity index (χ1v) is 11.1. The smallest absolute Gasteiger partial charge is 0.451 e. The molecule has 7 nitrogen and oxygen atoms in total. The van der Waals surface area contributed by atoms with Crippen LogP contribution in [0.15, 0.2) is 30.7 Å². The molecule has 3 aromatic rings. The van der Waals surface area contributed by atoms with Crippen LogP contribution in [0.4, 0.5) is 17.6 Å². The lowest BCUT2D eigenvalue weighted by Crippen LogP contribution is -2.29. The minimum absolute atomic E-state index is 0.0390. The fraction of sp³-hybridized carbons (Fsp3) is 0.333. The molecule has 3 atom stereocenters. The number of hydrogen-bond acceptors (Lipinski definition) is 7. The zero-order valence-corrected chi connectivity index (χ0v) is 19.6. The summed E-state index contributed by atoms with van der Waals surface area (Å²) in [4.78, 5) is 23.5. The Morgan fingerprint density at radius 3 is 2.32 bits per heavy atom. The molecule has 0 radical (unpaired) electrons. The summed E-state index contributed by atoms with van der Waals surface area (Å²) >= 11 is 6.91. The van der Waals surface area contributed by atoms with Crippen LogP contribution >= 0.6 is 22.9 Å². The maximum atomic E-state index is 15.3. The maximum absolute atomic E-state index is 15.3. The Bertz CT molecular complexity index is 1170. The molecule has 0 bridgehead atoms. The van der Waals surface area contributed by atoms with Crippen molar-refractivity contribution < 1.29 is 32.2 Å². The average Bonchev–Trinajstić information content (AvgIpc) is 3.20. The monoisotopic (exact) mass is 518 g/mol. The summed E-state index contributed by atoms with van der Waals surface area (Å²) < 4.78 is 59.3. The minimum atomic E-state index is -4.70. The number of benzene rings is 1. The molecule has 2 N–H and O–H groups in total. The molecule has 182 valence electrons. The fourth-order valence-electron chi connectivity index (χ4n) is 2.74. The highest BCUT2D eigenvalue weighted by Gasteiger charge is 2.34. The normalized spacial score (nSPS) is 14.4. The number of halogens is 5. The SMILES string of the molecule is CC(O)C(C)Oc1cc(C(=O)N[C@H](C)c2cnc(C(F)(F)F)nc2)c(F)c(-c2ncc(Cl)s2)c1. The molecule has 0 aliphatic rings. The third-order valence-electron chi connectivity index (χ3n) is 4.77. The summed E-state index contributed by atoms with van der Waals surface area (Å²) in [6, 6.07) is 1.67. The van der Waals surface area contributed by atoms with E-state index in [2.05, 4.69) is 20.3 Å². The first kappa shape index (κ1) is 25.8. The molecule has 1 aromatic carbocycles. The van der Waals surface area contributed by atoms with Gasteiger partial charge in [0.1, 0.15) is 27.0 Å². The second kappa shape index (κ2) is 10.2. The molecule has 0 spiro atoms. The summed E-state index contributed by atoms with van der Waals surface area (Å²) in [5, 5.41) is 12.4. The standard InChI is InChI=1S/C21H19ClF4N4O3S/c1-9(12-6-28-20(29-7-12)21(24,25)26)30-18(32)14-4-13(33-11(3)10(2)31)5-15(17(14)23)19-27-8-16(22)34-19/h4-11,31H,1-3H3,(H,30,32)/t9-,10?,11?/m1/s1. The van der Waals surface area contributed by atoms with Crippen molar-refractivity contribution in [2.24, 2.45) is 0 Å². The quantitative estimate of drug-likeness (QED) is 0.425. The molecule has 0 aliphatic heterocycles. The molecular formula is C21H19ClF4N4O3S. The molecule has 2 unspecified atom stereocenters. The average molecular weight is 519 g/mol. The third kappa shape index (κ3) is 5.99. The van der Waals surface area contributed by atoms with E-state index in [1.807, 2.05) is 0 Å². The lowest BCUT2D eigenvalue weighted by molar-refractivity contribution is -0.145. The molecule has 2 aromatic heterocycles. The minimum Gasteiger partial charge on any atom is -0.488 e. The number of aliphatic hydroxyl groups is 1. The summed E-state index contributed by atoms with van der Waals surface area (Å²) in [5.74, 6) is -2.96. The number of rotatable bonds is 7. The number of ether oxygens (including phenoxy) is 1. The van der Waals surface area contributed by atoms with Crippen LogP contribution in [0, 0.1) is 5.82 Å². The Hall–Kier alpha value is -2.83. The van der Waals surface area contributed by atoms with E-state index in [9.17, 15) is 23.1 Å². The molecule has 34 heavy (non-hydrogen) atoms. The molecule has 13 heteroatoms. The zero-order chi connectivity index (χ0) is 25.2. The van der Waals surface area contributed by atoms with Crippen LogP contribution in [0.5, 0.6) is 5.75 Å². The highest BCUT2D eigenvalue weighted by Crippen LogP contribution is 2.35. The predicted octanol–water partition coefficient (Wildman–Crippen LogP) is 5.05. The zero-order valence-electron chi connectivity index (χ0n) is 18.0. The second-order valence-corrected chi connectivity index (χ2v) is 9.06. The first-order chi connectivity index (χ1) is 15.9. The van der Waals surface area contributed by atoms with E-state index in [4.69, 9.17) is 16.3 Å². The number of amides is 1. The number of carbonyl (C=O) groups is 1. The summed E-state index contributed by atoms with van der Waals surface area (Å²) in [6.45, 7) is 4.59. The Balaban J connectivity index is 1.92. The third-order valence-corrected chi connectivity index (χ3v) is 5.92. The van der Waals surface area contributed by atoms with Crippen molar-refractivity contribution in [3.8, 4) is 16.3 Å². The molecule has 0 saturated heterocycles. The van der Waals surface area contributed by atoms with Crippen molar-refractivity contribution in [2.45, 2.75) is 45.2 Å². The van der Waals surface area contributed by atoms with Crippen molar-refractivity contribution in [2.75, 3.05) is 0 Å². The van der Waals surface area contributed by atoms with Gasteiger partial charge in [-0.15, -0.1) is 11.3 Å². The van der Waals surface area contributed by atoms with E-state index >= 15 is 4.39 Å². The number of aliphatic hydroxyl groups excluding tert-OH is 1. The van der Waals surface area contributed by atoms with Crippen LogP contribution in [0.3, 0.4) is 0 Å². The lowest BCUT2D eigenvalue weighted by Gasteiger charge is -2.19. The topological polar surface area (TPSA) is 97.2 Å². The Morgan fingerprint density at radius 1 is 1.15 bits per heavy atom. The van der Waals surface area contributed by atoms with Gasteiger partial charge in [0.15, 0.2) is 0 Å². The van der Waals surface area contributed by atoms with Gasteiger partial charge in [-0.1, -0.05) is 11.6 Å². The van der Waals surface area contributed by atoms with Gasteiger partial charge < -0.3 is 15.2 Å². The predicted molar refractivity (Wildman–Crippen MR) is 117 cm³/mol. The number of aromatic nitrogens is 3. The van der Waals surface area contributed by atoms with Gasteiger partial charge in [0.2, 0.25) is 5.82 Å². The van der Waals surface area contributed by atoms with E-state index in [1.54, 1.807) is 6.92 Å². The van der Waals surface area contributed by atoms with Gasteiger partial charge in [0.25, 0.3) is 5.91 Å². The highest BCUT2D eigenvalue weighted by molar-refractivity contribution is 7.18. The van der Waals surface area contributed by atoms with Gasteiger partial charge in [-0.05, 0) is 32.9 Å². The van der Waals surface area contributed by atoms with Gasteiger partial charge in [-0.2, -0.15) is 13.2 Å². The summed E-state index contributed by atoms with van der Waals surface area (Å²) in [7, 11) is 0. The number of nitrogens with one attached hydrogen (secondary N) is 1. The largest absolute Gasteiger partial charge is 0.488 e. The lowest BCUT2D eigenvalue weighted by atomic mass is 10.1. The van der Waals surface area contributed by atoms with Crippen LogP contribution in [-0.4, -0.2) is 38.2 Å². The number of alkyl halides is 3. The first-order valence-electron chi connectivity index (χ1n) is 9.86. The van der Waals surface area contributed by atoms with Gasteiger partial charge in [0.05, 0.1) is 29.5 Å². The number of hydrogen-bond donors (Lipinski definition) is 2.